The van der Waals surface area contributed by atoms with E-state index in [0.29, 0.717) is 5.75 Å². The van der Waals surface area contributed by atoms with Crippen molar-refractivity contribution >= 4 is 29.0 Å². The van der Waals surface area contributed by atoms with Gasteiger partial charge >= 0.3 is 0 Å². The van der Waals surface area contributed by atoms with Gasteiger partial charge in [-0.15, -0.1) is 23.1 Å². The molecule has 2 aromatic rings. The average Bonchev–Trinajstić information content (AvgIpc) is 3.12. The molecule has 0 aliphatic heterocycles. The van der Waals surface area contributed by atoms with Crippen molar-refractivity contribution in [2.75, 3.05) is 0 Å². The number of amides is 1. The lowest BCUT2D eigenvalue weighted by Crippen LogP contribution is -2.31. The third kappa shape index (κ3) is 5.91. The highest BCUT2D eigenvalue weighted by Crippen LogP contribution is 2.27. The monoisotopic (exact) mass is 402 g/mol. The maximum atomic E-state index is 13.0. The Hall–Kier alpha value is -2.18. The average molecular weight is 403 g/mol. The Morgan fingerprint density at radius 3 is 2.63 bits per heavy atom. The molecule has 1 amide bonds. The molecule has 1 aromatic carbocycles. The van der Waals surface area contributed by atoms with E-state index in [9.17, 15) is 9.18 Å². The second-order valence-electron chi connectivity index (χ2n) is 6.14. The first-order valence-electron chi connectivity index (χ1n) is 8.43. The van der Waals surface area contributed by atoms with Crippen molar-refractivity contribution in [2.45, 2.75) is 31.8 Å². The number of aromatic nitrogens is 1. The second-order valence-corrected chi connectivity index (χ2v) is 8.32. The van der Waals surface area contributed by atoms with Crippen LogP contribution in [0.3, 0.4) is 0 Å². The van der Waals surface area contributed by atoms with Crippen molar-refractivity contribution in [2.24, 2.45) is 0 Å². The van der Waals surface area contributed by atoms with E-state index in [1.165, 1.54) is 35.2 Å². The minimum Gasteiger partial charge on any atom is -0.325 e. The fourth-order valence-corrected chi connectivity index (χ4v) is 3.96. The van der Waals surface area contributed by atoms with E-state index in [-0.39, 0.29) is 17.0 Å². The van der Waals surface area contributed by atoms with Gasteiger partial charge in [-0.3, -0.25) is 4.79 Å². The minimum absolute atomic E-state index is 0.0758. The lowest BCUT2D eigenvalue weighted by atomic mass is 10.1. The normalized spacial score (nSPS) is 12.9. The summed E-state index contributed by atoms with van der Waals surface area (Å²) >= 11 is 3.03. The van der Waals surface area contributed by atoms with Crippen LogP contribution in [0.2, 0.25) is 0 Å². The molecule has 0 fully saturated rings. The number of halogens is 1. The van der Waals surface area contributed by atoms with Gasteiger partial charge in [0.05, 0.1) is 10.9 Å². The highest BCUT2D eigenvalue weighted by molar-refractivity contribution is 7.99. The molecule has 27 heavy (non-hydrogen) atoms. The molecule has 1 atom stereocenters. The zero-order valence-electron chi connectivity index (χ0n) is 15.7. The van der Waals surface area contributed by atoms with Gasteiger partial charge in [-0.1, -0.05) is 19.2 Å². The van der Waals surface area contributed by atoms with E-state index >= 15 is 0 Å². The number of nitrogens with zero attached hydrogens (tertiary/aromatic N) is 1. The Morgan fingerprint density at radius 2 is 2.04 bits per heavy atom. The van der Waals surface area contributed by atoms with Crippen molar-refractivity contribution in [3.05, 3.63) is 77.2 Å². The summed E-state index contributed by atoms with van der Waals surface area (Å²) < 4.78 is 13.0. The van der Waals surface area contributed by atoms with Crippen LogP contribution in [0, 0.1) is 5.82 Å². The van der Waals surface area contributed by atoms with Gasteiger partial charge in [-0.25, -0.2) is 9.37 Å². The predicted molar refractivity (Wildman–Crippen MR) is 114 cm³/mol. The van der Waals surface area contributed by atoms with E-state index < -0.39 is 0 Å². The summed E-state index contributed by atoms with van der Waals surface area (Å²) in [5.74, 6) is 0.285. The molecule has 1 heterocycles. The standard InChI is InChI=1S/C21H23FN2OS2/c1-6-14(4)19(13(2)3)24-20(25)15(5)26-11-18-12-27-21(23-18)16-7-9-17(22)10-8-16/h6-10,12,15H,1-2,11H2,3-5H3,(H,24,25)/b19-14+. The molecule has 3 nitrogen and oxygen atoms in total. The van der Waals surface area contributed by atoms with Crippen molar-refractivity contribution in [3.63, 3.8) is 0 Å². The zero-order chi connectivity index (χ0) is 20.0. The van der Waals surface area contributed by atoms with Crippen LogP contribution in [0.1, 0.15) is 26.5 Å². The highest BCUT2D eigenvalue weighted by Gasteiger charge is 2.17. The molecule has 1 unspecified atom stereocenters. The van der Waals surface area contributed by atoms with Crippen LogP contribution in [0.15, 0.2) is 65.7 Å². The largest absolute Gasteiger partial charge is 0.325 e. The molecule has 0 aliphatic rings. The number of carbonyl (C=O) groups is 1. The Bertz CT molecular complexity index is 869. The van der Waals surface area contributed by atoms with Crippen LogP contribution >= 0.6 is 23.1 Å². The van der Waals surface area contributed by atoms with Crippen molar-refractivity contribution in [1.29, 1.82) is 0 Å². The Balaban J connectivity index is 1.96. The third-order valence-corrected chi connectivity index (χ3v) is 5.99. The smallest absolute Gasteiger partial charge is 0.237 e. The van der Waals surface area contributed by atoms with Crippen LogP contribution in [-0.4, -0.2) is 16.1 Å². The number of benzene rings is 1. The lowest BCUT2D eigenvalue weighted by molar-refractivity contribution is -0.119. The summed E-state index contributed by atoms with van der Waals surface area (Å²) in [6.45, 7) is 13.3. The van der Waals surface area contributed by atoms with Crippen LogP contribution < -0.4 is 5.32 Å². The van der Waals surface area contributed by atoms with E-state index in [2.05, 4.69) is 23.5 Å². The van der Waals surface area contributed by atoms with E-state index in [0.717, 1.165) is 33.1 Å². The number of thiazole rings is 1. The van der Waals surface area contributed by atoms with Gasteiger partial charge in [0.25, 0.3) is 0 Å². The van der Waals surface area contributed by atoms with E-state index in [1.807, 2.05) is 26.2 Å². The zero-order valence-corrected chi connectivity index (χ0v) is 17.3. The molecule has 6 heteroatoms. The van der Waals surface area contributed by atoms with Gasteiger partial charge in [-0.2, -0.15) is 0 Å². The molecule has 0 aliphatic carbocycles. The van der Waals surface area contributed by atoms with Crippen molar-refractivity contribution in [1.82, 2.24) is 10.3 Å². The van der Waals surface area contributed by atoms with Crippen LogP contribution in [0.25, 0.3) is 10.6 Å². The topological polar surface area (TPSA) is 42.0 Å². The molecular formula is C21H23FN2OS2. The molecule has 0 saturated heterocycles. The molecule has 0 saturated carbocycles. The predicted octanol–water partition coefficient (Wildman–Crippen LogP) is 5.72. The lowest BCUT2D eigenvalue weighted by Gasteiger charge is -2.15. The van der Waals surface area contributed by atoms with E-state index in [4.69, 9.17) is 0 Å². The van der Waals surface area contributed by atoms with Gasteiger partial charge in [0.2, 0.25) is 5.91 Å². The number of hydrogen-bond donors (Lipinski definition) is 1. The number of hydrogen-bond acceptors (Lipinski definition) is 4. The third-order valence-electron chi connectivity index (χ3n) is 3.87. The fraction of sp³-hybridized carbons (Fsp3) is 0.238. The maximum absolute atomic E-state index is 13.0. The summed E-state index contributed by atoms with van der Waals surface area (Å²) in [7, 11) is 0. The highest BCUT2D eigenvalue weighted by atomic mass is 32.2. The van der Waals surface area contributed by atoms with Gasteiger partial charge in [0.15, 0.2) is 0 Å². The second kappa shape index (κ2) is 9.67. The molecule has 1 N–H and O–H groups in total. The number of nitrogens with one attached hydrogen (secondary N) is 1. The summed E-state index contributed by atoms with van der Waals surface area (Å²) in [6.07, 6.45) is 1.70. The van der Waals surface area contributed by atoms with Crippen molar-refractivity contribution < 1.29 is 9.18 Å². The number of rotatable bonds is 8. The van der Waals surface area contributed by atoms with Crippen LogP contribution in [0.5, 0.6) is 0 Å². The first kappa shape index (κ1) is 21.1. The molecular weight excluding hydrogens is 379 g/mol. The first-order valence-corrected chi connectivity index (χ1v) is 10.4. The molecule has 0 bridgehead atoms. The fourth-order valence-electron chi connectivity index (χ4n) is 2.25. The van der Waals surface area contributed by atoms with E-state index in [1.54, 1.807) is 18.2 Å². The number of thioether (sulfide) groups is 1. The van der Waals surface area contributed by atoms with Gasteiger partial charge in [0, 0.05) is 22.4 Å². The molecule has 0 spiro atoms. The molecule has 142 valence electrons. The van der Waals surface area contributed by atoms with Gasteiger partial charge in [0.1, 0.15) is 10.8 Å². The Labute approximate surface area is 168 Å². The Morgan fingerprint density at radius 1 is 1.37 bits per heavy atom. The molecule has 1 aromatic heterocycles. The number of carbonyl (C=O) groups excluding carboxylic acids is 1. The summed E-state index contributed by atoms with van der Waals surface area (Å²) in [5, 5.41) is 5.51. The molecule has 0 radical (unpaired) electrons. The summed E-state index contributed by atoms with van der Waals surface area (Å²) in [4.78, 5) is 17.0. The minimum atomic E-state index is -0.263. The van der Waals surface area contributed by atoms with Gasteiger partial charge in [-0.05, 0) is 56.2 Å². The summed E-state index contributed by atoms with van der Waals surface area (Å²) in [5.41, 5.74) is 4.19. The number of allylic oxidation sites excluding steroid dienone is 3. The Kier molecular flexibility index (Phi) is 7.56. The van der Waals surface area contributed by atoms with Crippen molar-refractivity contribution in [3.8, 4) is 10.6 Å². The summed E-state index contributed by atoms with van der Waals surface area (Å²) in [6, 6.07) is 6.29. The van der Waals surface area contributed by atoms with Crippen LogP contribution in [-0.2, 0) is 10.5 Å². The quantitative estimate of drug-likeness (QED) is 0.574. The van der Waals surface area contributed by atoms with Crippen LogP contribution in [0.4, 0.5) is 4.39 Å². The SMILES string of the molecule is C=C/C(C)=C(/NC(=O)C(C)SCc1csc(-c2ccc(F)cc2)n1)C(=C)C. The first-order chi connectivity index (χ1) is 12.8. The molecule has 2 rings (SSSR count). The van der Waals surface area contributed by atoms with Gasteiger partial charge < -0.3 is 5.32 Å². The maximum Gasteiger partial charge on any atom is 0.237 e.